The number of pyridine rings is 1. The molecule has 5 aromatic rings. The molecule has 1 amide bonds. The number of nitrogens with one attached hydrogen (secondary N) is 1. The Balaban J connectivity index is 1.28. The fourth-order valence-electron chi connectivity index (χ4n) is 6.31. The third-order valence-corrected chi connectivity index (χ3v) is 10.6. The highest BCUT2D eigenvalue weighted by Crippen LogP contribution is 2.45. The number of aryl methyl sites for hydroxylation is 2. The number of amides is 1. The van der Waals surface area contributed by atoms with Crippen LogP contribution in [0.4, 0.5) is 5.82 Å². The molecule has 0 saturated carbocycles. The maximum atomic E-state index is 13.2. The second kappa shape index (κ2) is 9.66. The van der Waals surface area contributed by atoms with E-state index < -0.39 is 9.84 Å². The van der Waals surface area contributed by atoms with Crippen molar-refractivity contribution in [3.05, 3.63) is 52.7 Å². The van der Waals surface area contributed by atoms with Gasteiger partial charge >= 0.3 is 0 Å². The van der Waals surface area contributed by atoms with Gasteiger partial charge in [0.05, 0.1) is 29.5 Å². The number of sulfone groups is 1. The van der Waals surface area contributed by atoms with Crippen molar-refractivity contribution >= 4 is 38.5 Å². The largest absolute Gasteiger partial charge is 0.382 e. The Hall–Kier alpha value is -4.24. The first-order valence-corrected chi connectivity index (χ1v) is 16.3. The monoisotopic (exact) mass is 604 g/mol. The van der Waals surface area contributed by atoms with E-state index in [9.17, 15) is 13.2 Å². The van der Waals surface area contributed by atoms with Crippen LogP contribution in [0.25, 0.3) is 27.5 Å². The van der Waals surface area contributed by atoms with Gasteiger partial charge in [-0.1, -0.05) is 11.3 Å². The third-order valence-electron chi connectivity index (χ3n) is 8.36. The normalized spacial score (nSPS) is 20.5. The minimum absolute atomic E-state index is 0.00502. The Bertz CT molecular complexity index is 1910. The number of aromatic amines is 1. The Morgan fingerprint density at radius 2 is 1.86 bits per heavy atom. The molecule has 2 aliphatic rings. The zero-order valence-electron chi connectivity index (χ0n) is 23.1. The number of nitrogen functional groups attached to an aromatic ring is 1. The first-order chi connectivity index (χ1) is 20.1. The van der Waals surface area contributed by atoms with Crippen LogP contribution in [0.2, 0.25) is 0 Å². The summed E-state index contributed by atoms with van der Waals surface area (Å²) >= 11 is 1.60. The highest BCUT2D eigenvalue weighted by atomic mass is 32.2. The van der Waals surface area contributed by atoms with Crippen LogP contribution >= 0.6 is 11.3 Å². The second-order valence-electron chi connectivity index (χ2n) is 11.0. The summed E-state index contributed by atoms with van der Waals surface area (Å²) in [6.45, 7) is 4.01. The molecule has 0 aromatic carbocycles. The average molecular weight is 605 g/mol. The summed E-state index contributed by atoms with van der Waals surface area (Å²) in [6.07, 6.45) is 8.74. The molecule has 13 nitrogen and oxygen atoms in total. The van der Waals surface area contributed by atoms with Crippen LogP contribution in [0.1, 0.15) is 58.4 Å². The summed E-state index contributed by atoms with van der Waals surface area (Å²) in [6, 6.07) is 3.72. The highest BCUT2D eigenvalue weighted by Gasteiger charge is 2.46. The molecule has 7 rings (SSSR count). The number of carbonyl (C=O) groups excluding carboxylic acids is 1. The maximum absolute atomic E-state index is 13.2. The minimum Gasteiger partial charge on any atom is -0.382 e. The van der Waals surface area contributed by atoms with Crippen molar-refractivity contribution in [1.29, 1.82) is 0 Å². The molecule has 2 bridgehead atoms. The Morgan fingerprint density at radius 1 is 1.10 bits per heavy atom. The van der Waals surface area contributed by atoms with Crippen molar-refractivity contribution in [3.8, 4) is 21.8 Å². The predicted octanol–water partition coefficient (Wildman–Crippen LogP) is 3.19. The molecule has 5 aromatic heterocycles. The molecule has 0 unspecified atom stereocenters. The number of H-pyrrole nitrogens is 1. The van der Waals surface area contributed by atoms with Crippen molar-refractivity contribution in [2.45, 2.75) is 62.4 Å². The van der Waals surface area contributed by atoms with E-state index in [0.717, 1.165) is 45.9 Å². The van der Waals surface area contributed by atoms with Gasteiger partial charge < -0.3 is 10.6 Å². The predicted molar refractivity (Wildman–Crippen MR) is 156 cm³/mol. The van der Waals surface area contributed by atoms with Crippen LogP contribution in [0, 0.1) is 13.8 Å². The smallest absolute Gasteiger partial charge is 0.274 e. The van der Waals surface area contributed by atoms with E-state index in [2.05, 4.69) is 30.5 Å². The lowest BCUT2D eigenvalue weighted by atomic mass is 9.87. The van der Waals surface area contributed by atoms with Gasteiger partial charge in [-0.2, -0.15) is 9.61 Å². The lowest BCUT2D eigenvalue weighted by Crippen LogP contribution is -2.46. The number of nitrogens with two attached hydrogens (primary N) is 1. The number of aromatic nitrogens is 8. The van der Waals surface area contributed by atoms with E-state index in [-0.39, 0.29) is 34.6 Å². The summed E-state index contributed by atoms with van der Waals surface area (Å²) in [5, 5.41) is 15.3. The van der Waals surface area contributed by atoms with Gasteiger partial charge in [0.1, 0.15) is 21.4 Å². The van der Waals surface area contributed by atoms with E-state index in [1.165, 1.54) is 10.7 Å². The lowest BCUT2D eigenvalue weighted by molar-refractivity contribution is 0.0562. The molecule has 0 aliphatic carbocycles. The Morgan fingerprint density at radius 3 is 2.45 bits per heavy atom. The minimum atomic E-state index is -3.75. The molecule has 0 radical (unpaired) electrons. The summed E-state index contributed by atoms with van der Waals surface area (Å²) < 4.78 is 27.6. The Kier molecular flexibility index (Phi) is 6.13. The number of thiazole rings is 1. The molecule has 7 heterocycles. The highest BCUT2D eigenvalue weighted by molar-refractivity contribution is 7.91. The van der Waals surface area contributed by atoms with E-state index in [1.54, 1.807) is 23.7 Å². The number of piperidine rings is 1. The van der Waals surface area contributed by atoms with Gasteiger partial charge in [-0.05, 0) is 45.6 Å². The van der Waals surface area contributed by atoms with Gasteiger partial charge in [0.2, 0.25) is 0 Å². The number of nitrogens with zero attached hydrogens (tertiary/aromatic N) is 8. The van der Waals surface area contributed by atoms with Gasteiger partial charge in [-0.3, -0.25) is 14.9 Å². The van der Waals surface area contributed by atoms with Crippen molar-refractivity contribution in [3.63, 3.8) is 0 Å². The summed E-state index contributed by atoms with van der Waals surface area (Å²) in [4.78, 5) is 30.4. The number of hydrogen-bond acceptors (Lipinski definition) is 11. The maximum Gasteiger partial charge on any atom is 0.274 e. The van der Waals surface area contributed by atoms with E-state index in [0.29, 0.717) is 35.4 Å². The SMILES string of the molecule is Cc1nc(-c2ccc(-c3cnn4c(N)c(S(C)(=O)=O)c([C@@H]5C[C@H]6CC[C@@H](C5)N6C(=O)c5cnn[nH]5)nc34)cn2)sc1C. The van der Waals surface area contributed by atoms with Gasteiger partial charge in [0, 0.05) is 46.5 Å². The van der Waals surface area contributed by atoms with Crippen LogP contribution < -0.4 is 5.73 Å². The molecule has 2 aliphatic heterocycles. The van der Waals surface area contributed by atoms with Gasteiger partial charge in [-0.25, -0.2) is 18.4 Å². The average Bonchev–Trinajstić information content (AvgIpc) is 3.75. The quantitative estimate of drug-likeness (QED) is 0.303. The topological polar surface area (TPSA) is 178 Å². The van der Waals surface area contributed by atoms with E-state index in [4.69, 9.17) is 10.7 Å². The standard InChI is InChI=1S/C27H28N10O3S2/c1-13-14(2)41-26(32-13)20-7-4-15(10-29-20)19-11-31-37-24(28)23(42(3,39)40)22(33-25(19)37)16-8-17-5-6-18(9-16)36(17)27(38)21-12-30-35-34-21/h4,7,10-12,16-18H,5-6,8-9,28H2,1-3H3,(H,30,34,35)/t16-,17-,18+. The van der Waals surface area contributed by atoms with Crippen LogP contribution in [0.15, 0.2) is 35.6 Å². The molecule has 2 saturated heterocycles. The molecule has 2 fully saturated rings. The summed E-state index contributed by atoms with van der Waals surface area (Å²) in [5.74, 6) is -0.325. The summed E-state index contributed by atoms with van der Waals surface area (Å²) in [7, 11) is -3.75. The molecule has 42 heavy (non-hydrogen) atoms. The molecule has 15 heteroatoms. The lowest BCUT2D eigenvalue weighted by Gasteiger charge is -2.39. The molecule has 0 spiro atoms. The van der Waals surface area contributed by atoms with Crippen LogP contribution in [-0.2, 0) is 9.84 Å². The summed E-state index contributed by atoms with van der Waals surface area (Å²) in [5.41, 5.74) is 11.0. The fraction of sp³-hybridized carbons (Fsp3) is 0.370. The zero-order valence-corrected chi connectivity index (χ0v) is 24.8. The zero-order chi connectivity index (χ0) is 29.3. The fourth-order valence-corrected chi connectivity index (χ4v) is 8.26. The van der Waals surface area contributed by atoms with Crippen molar-refractivity contribution in [1.82, 2.24) is 44.9 Å². The van der Waals surface area contributed by atoms with Crippen LogP contribution in [0.3, 0.4) is 0 Å². The van der Waals surface area contributed by atoms with Gasteiger partial charge in [-0.15, -0.1) is 16.4 Å². The van der Waals surface area contributed by atoms with Gasteiger partial charge in [0.15, 0.2) is 15.5 Å². The van der Waals surface area contributed by atoms with Crippen molar-refractivity contribution < 1.29 is 13.2 Å². The molecule has 3 N–H and O–H groups in total. The number of carbonyl (C=O) groups is 1. The number of fused-ring (bicyclic) bond motifs is 3. The van der Waals surface area contributed by atoms with Crippen LogP contribution in [-0.4, -0.2) is 77.5 Å². The van der Waals surface area contributed by atoms with Crippen molar-refractivity contribution in [2.75, 3.05) is 12.0 Å². The second-order valence-corrected chi connectivity index (χ2v) is 14.2. The molecular formula is C27H28N10O3S2. The van der Waals surface area contributed by atoms with E-state index >= 15 is 0 Å². The molecule has 3 atom stereocenters. The first kappa shape index (κ1) is 26.6. The van der Waals surface area contributed by atoms with Crippen LogP contribution in [0.5, 0.6) is 0 Å². The number of rotatable bonds is 5. The van der Waals surface area contributed by atoms with Gasteiger partial charge in [0.25, 0.3) is 5.91 Å². The Labute approximate surface area is 245 Å². The number of anilines is 1. The number of hydrogen-bond donors (Lipinski definition) is 2. The molecule has 216 valence electrons. The first-order valence-electron chi connectivity index (χ1n) is 13.6. The van der Waals surface area contributed by atoms with E-state index in [1.807, 2.05) is 30.9 Å². The van der Waals surface area contributed by atoms with Crippen molar-refractivity contribution in [2.24, 2.45) is 0 Å². The molecular weight excluding hydrogens is 576 g/mol. The third kappa shape index (κ3) is 4.26.